The zero-order valence-corrected chi connectivity index (χ0v) is 11.9. The van der Waals surface area contributed by atoms with Gasteiger partial charge in [-0.3, -0.25) is 4.79 Å². The standard InChI is InChI=1S/C14H17BrFNO/c15-12-5-6-13(16)11(9-12)10-14(18)17-7-3-1-2-4-8-17/h5-6,9H,1-4,7-8,10H2. The minimum absolute atomic E-state index is 0.0360. The van der Waals surface area contributed by atoms with Crippen molar-refractivity contribution in [2.75, 3.05) is 13.1 Å². The molecule has 1 aromatic rings. The molecule has 0 spiro atoms. The maximum atomic E-state index is 13.6. The minimum atomic E-state index is -0.304. The van der Waals surface area contributed by atoms with Crippen molar-refractivity contribution in [3.63, 3.8) is 0 Å². The third-order valence-electron chi connectivity index (χ3n) is 3.31. The van der Waals surface area contributed by atoms with Gasteiger partial charge in [0.05, 0.1) is 6.42 Å². The number of benzene rings is 1. The minimum Gasteiger partial charge on any atom is -0.342 e. The van der Waals surface area contributed by atoms with Gasteiger partial charge < -0.3 is 4.90 Å². The van der Waals surface area contributed by atoms with Crippen molar-refractivity contribution >= 4 is 21.8 Å². The van der Waals surface area contributed by atoms with E-state index in [1.807, 2.05) is 4.90 Å². The summed E-state index contributed by atoms with van der Waals surface area (Å²) >= 11 is 3.30. The van der Waals surface area contributed by atoms with Gasteiger partial charge in [-0.2, -0.15) is 0 Å². The number of nitrogens with zero attached hydrogens (tertiary/aromatic N) is 1. The Morgan fingerprint density at radius 3 is 2.56 bits per heavy atom. The number of hydrogen-bond acceptors (Lipinski definition) is 1. The van der Waals surface area contributed by atoms with Gasteiger partial charge in [-0.15, -0.1) is 0 Å². The fourth-order valence-electron chi connectivity index (χ4n) is 2.27. The van der Waals surface area contributed by atoms with Crippen LogP contribution in [0.1, 0.15) is 31.2 Å². The number of carbonyl (C=O) groups is 1. The molecule has 0 saturated carbocycles. The van der Waals surface area contributed by atoms with Gasteiger partial charge in [-0.1, -0.05) is 28.8 Å². The van der Waals surface area contributed by atoms with Crippen LogP contribution in [0, 0.1) is 5.82 Å². The fourth-order valence-corrected chi connectivity index (χ4v) is 2.68. The fraction of sp³-hybridized carbons (Fsp3) is 0.500. The van der Waals surface area contributed by atoms with E-state index in [-0.39, 0.29) is 18.1 Å². The molecule has 0 aliphatic carbocycles. The van der Waals surface area contributed by atoms with Gasteiger partial charge in [0.15, 0.2) is 0 Å². The number of hydrogen-bond donors (Lipinski definition) is 0. The first-order valence-electron chi connectivity index (χ1n) is 6.38. The third-order valence-corrected chi connectivity index (χ3v) is 3.80. The van der Waals surface area contributed by atoms with Crippen LogP contribution in [0.4, 0.5) is 4.39 Å². The van der Waals surface area contributed by atoms with E-state index in [1.54, 1.807) is 12.1 Å². The second-order valence-electron chi connectivity index (χ2n) is 4.71. The van der Waals surface area contributed by atoms with Gasteiger partial charge >= 0.3 is 0 Å². The molecule has 1 amide bonds. The van der Waals surface area contributed by atoms with Gasteiger partial charge in [0, 0.05) is 17.6 Å². The van der Waals surface area contributed by atoms with E-state index >= 15 is 0 Å². The molecule has 1 aliphatic heterocycles. The summed E-state index contributed by atoms with van der Waals surface area (Å²) in [7, 11) is 0. The van der Waals surface area contributed by atoms with Crippen LogP contribution in [0.2, 0.25) is 0 Å². The first kappa shape index (κ1) is 13.5. The summed E-state index contributed by atoms with van der Waals surface area (Å²) in [6.07, 6.45) is 4.66. The molecular formula is C14H17BrFNO. The zero-order chi connectivity index (χ0) is 13.0. The average molecular weight is 314 g/mol. The van der Waals surface area contributed by atoms with Crippen molar-refractivity contribution in [3.8, 4) is 0 Å². The molecule has 1 saturated heterocycles. The monoisotopic (exact) mass is 313 g/mol. The second kappa shape index (κ2) is 6.32. The molecule has 2 rings (SSSR count). The SMILES string of the molecule is O=C(Cc1cc(Br)ccc1F)N1CCCCCC1. The first-order valence-corrected chi connectivity index (χ1v) is 7.18. The van der Waals surface area contributed by atoms with Crippen molar-refractivity contribution in [2.24, 2.45) is 0 Å². The van der Waals surface area contributed by atoms with E-state index in [0.717, 1.165) is 30.4 Å². The van der Waals surface area contributed by atoms with Gasteiger partial charge in [0.1, 0.15) is 5.82 Å². The highest BCUT2D eigenvalue weighted by Gasteiger charge is 2.17. The lowest BCUT2D eigenvalue weighted by Gasteiger charge is -2.20. The van der Waals surface area contributed by atoms with Gasteiger partial charge in [0.25, 0.3) is 0 Å². The summed E-state index contributed by atoms with van der Waals surface area (Å²) in [5.41, 5.74) is 0.471. The molecule has 0 unspecified atom stereocenters. The first-order chi connectivity index (χ1) is 8.66. The lowest BCUT2D eigenvalue weighted by molar-refractivity contribution is -0.130. The summed E-state index contributed by atoms with van der Waals surface area (Å²) in [5, 5.41) is 0. The van der Waals surface area contributed by atoms with Crippen molar-refractivity contribution in [2.45, 2.75) is 32.1 Å². The van der Waals surface area contributed by atoms with Crippen molar-refractivity contribution in [1.82, 2.24) is 4.90 Å². The van der Waals surface area contributed by atoms with Crippen LogP contribution in [0.15, 0.2) is 22.7 Å². The Morgan fingerprint density at radius 1 is 1.22 bits per heavy atom. The number of halogens is 2. The quantitative estimate of drug-likeness (QED) is 0.818. The Kier molecular flexibility index (Phi) is 4.75. The molecule has 0 radical (unpaired) electrons. The van der Waals surface area contributed by atoms with Crippen molar-refractivity contribution < 1.29 is 9.18 Å². The molecule has 2 nitrogen and oxygen atoms in total. The van der Waals surface area contributed by atoms with Crippen LogP contribution in [0.25, 0.3) is 0 Å². The maximum absolute atomic E-state index is 13.6. The molecule has 1 aromatic carbocycles. The van der Waals surface area contributed by atoms with E-state index in [9.17, 15) is 9.18 Å². The summed E-state index contributed by atoms with van der Waals surface area (Å²) in [6.45, 7) is 1.63. The molecule has 1 fully saturated rings. The Labute approximate surface area is 115 Å². The number of likely N-dealkylation sites (tertiary alicyclic amines) is 1. The van der Waals surface area contributed by atoms with Gasteiger partial charge in [-0.05, 0) is 36.6 Å². The van der Waals surface area contributed by atoms with E-state index in [4.69, 9.17) is 0 Å². The van der Waals surface area contributed by atoms with Crippen molar-refractivity contribution in [3.05, 3.63) is 34.1 Å². The predicted octanol–water partition coefficient (Wildman–Crippen LogP) is 3.53. The number of rotatable bonds is 2. The smallest absolute Gasteiger partial charge is 0.227 e. The normalized spacial score (nSPS) is 16.4. The maximum Gasteiger partial charge on any atom is 0.227 e. The highest BCUT2D eigenvalue weighted by atomic mass is 79.9. The largest absolute Gasteiger partial charge is 0.342 e. The molecule has 0 bridgehead atoms. The van der Waals surface area contributed by atoms with Gasteiger partial charge in [0.2, 0.25) is 5.91 Å². The lowest BCUT2D eigenvalue weighted by atomic mass is 10.1. The molecule has 1 aliphatic rings. The molecule has 0 atom stereocenters. The Balaban J connectivity index is 2.03. The lowest BCUT2D eigenvalue weighted by Crippen LogP contribution is -2.33. The topological polar surface area (TPSA) is 20.3 Å². The third kappa shape index (κ3) is 3.55. The summed E-state index contributed by atoms with van der Waals surface area (Å²) in [6, 6.07) is 4.73. The molecule has 1 heterocycles. The highest BCUT2D eigenvalue weighted by molar-refractivity contribution is 9.10. The highest BCUT2D eigenvalue weighted by Crippen LogP contribution is 2.18. The Morgan fingerprint density at radius 2 is 1.89 bits per heavy atom. The Bertz CT molecular complexity index is 428. The second-order valence-corrected chi connectivity index (χ2v) is 5.62. The van der Waals surface area contributed by atoms with Crippen LogP contribution in [0.5, 0.6) is 0 Å². The number of carbonyl (C=O) groups excluding carboxylic acids is 1. The van der Waals surface area contributed by atoms with E-state index in [2.05, 4.69) is 15.9 Å². The van der Waals surface area contributed by atoms with E-state index in [1.165, 1.54) is 18.9 Å². The van der Waals surface area contributed by atoms with Crippen LogP contribution in [0.3, 0.4) is 0 Å². The van der Waals surface area contributed by atoms with E-state index in [0.29, 0.717) is 5.56 Å². The van der Waals surface area contributed by atoms with Crippen LogP contribution < -0.4 is 0 Å². The van der Waals surface area contributed by atoms with Gasteiger partial charge in [-0.25, -0.2) is 4.39 Å². The van der Waals surface area contributed by atoms with Crippen LogP contribution >= 0.6 is 15.9 Å². The number of amides is 1. The summed E-state index contributed by atoms with van der Waals surface area (Å²) in [5.74, 6) is -0.268. The molecule has 4 heteroatoms. The van der Waals surface area contributed by atoms with Crippen LogP contribution in [-0.4, -0.2) is 23.9 Å². The summed E-state index contributed by atoms with van der Waals surface area (Å²) in [4.78, 5) is 14.0. The average Bonchev–Trinajstić information content (AvgIpc) is 2.62. The molecule has 98 valence electrons. The molecule has 18 heavy (non-hydrogen) atoms. The zero-order valence-electron chi connectivity index (χ0n) is 10.3. The van der Waals surface area contributed by atoms with Crippen LogP contribution in [-0.2, 0) is 11.2 Å². The molecule has 0 aromatic heterocycles. The van der Waals surface area contributed by atoms with Crippen molar-refractivity contribution in [1.29, 1.82) is 0 Å². The molecule has 0 N–H and O–H groups in total. The van der Waals surface area contributed by atoms with E-state index < -0.39 is 0 Å². The molecular weight excluding hydrogens is 297 g/mol. The predicted molar refractivity (Wildman–Crippen MR) is 72.9 cm³/mol. The Hall–Kier alpha value is -0.900. The summed E-state index contributed by atoms with van der Waals surface area (Å²) < 4.78 is 14.4.